The van der Waals surface area contributed by atoms with Gasteiger partial charge in [-0.05, 0) is 54.6 Å². The second-order valence-corrected chi connectivity index (χ2v) is 8.26. The molecule has 3 aromatic rings. The average Bonchev–Trinajstić information content (AvgIpc) is 2.80. The fourth-order valence-corrected chi connectivity index (χ4v) is 3.54. The molecule has 0 heterocycles. The highest BCUT2D eigenvalue weighted by Gasteiger charge is 2.33. The van der Waals surface area contributed by atoms with E-state index in [2.05, 4.69) is 5.32 Å². The second-order valence-electron chi connectivity index (χ2n) is 6.98. The summed E-state index contributed by atoms with van der Waals surface area (Å²) in [6.07, 6.45) is -3.76. The Bertz CT molecular complexity index is 1420. The average molecular weight is 557 g/mol. The molecule has 3 aromatic carbocycles. The highest BCUT2D eigenvalue weighted by Crippen LogP contribution is 2.42. The molecule has 0 atom stereocenters. The lowest BCUT2D eigenvalue weighted by atomic mass is 10.1. The maximum Gasteiger partial charge on any atom is 0.416 e. The smallest absolute Gasteiger partial charge is 0.416 e. The molecule has 0 saturated heterocycles. The third-order valence-electron chi connectivity index (χ3n) is 4.50. The first-order chi connectivity index (χ1) is 16.9. The Morgan fingerprint density at radius 2 is 1.72 bits per heavy atom. The first-order valence-electron chi connectivity index (χ1n) is 9.60. The molecular weight excluding hydrogens is 546 g/mol. The minimum Gasteiger partial charge on any atom is -0.448 e. The molecular formula is C23H11Cl3F3N3O4. The Morgan fingerprint density at radius 1 is 1.06 bits per heavy atom. The Kier molecular flexibility index (Phi) is 8.10. The zero-order valence-electron chi connectivity index (χ0n) is 17.6. The maximum atomic E-state index is 13.0. The first-order valence-corrected chi connectivity index (χ1v) is 10.7. The van der Waals surface area contributed by atoms with Gasteiger partial charge in [-0.3, -0.25) is 14.9 Å². The number of nitrogens with zero attached hydrogens (tertiary/aromatic N) is 2. The van der Waals surface area contributed by atoms with E-state index in [4.69, 9.17) is 39.5 Å². The molecule has 1 N–H and O–H groups in total. The number of amides is 1. The number of rotatable bonds is 6. The van der Waals surface area contributed by atoms with Gasteiger partial charge in [-0.25, -0.2) is 0 Å². The maximum absolute atomic E-state index is 13.0. The number of halogens is 6. The molecule has 13 heteroatoms. The van der Waals surface area contributed by atoms with E-state index in [1.807, 2.05) is 0 Å². The third kappa shape index (κ3) is 6.46. The number of hydrogen-bond donors (Lipinski definition) is 1. The highest BCUT2D eigenvalue weighted by atomic mass is 35.5. The normalized spacial score (nSPS) is 11.5. The number of nitro benzene ring substituents is 1. The second kappa shape index (κ2) is 10.9. The third-order valence-corrected chi connectivity index (χ3v) is 5.25. The summed E-state index contributed by atoms with van der Waals surface area (Å²) in [5, 5.41) is 23.7. The molecule has 184 valence electrons. The molecule has 36 heavy (non-hydrogen) atoms. The monoisotopic (exact) mass is 555 g/mol. The number of alkyl halides is 3. The molecule has 0 aliphatic carbocycles. The highest BCUT2D eigenvalue weighted by molar-refractivity contribution is 6.36. The van der Waals surface area contributed by atoms with Gasteiger partial charge in [-0.2, -0.15) is 18.4 Å². The zero-order chi connectivity index (χ0) is 26.6. The largest absolute Gasteiger partial charge is 0.448 e. The molecule has 0 aromatic heterocycles. The number of carbonyl (C=O) groups excluding carboxylic acids is 1. The molecule has 7 nitrogen and oxygen atoms in total. The van der Waals surface area contributed by atoms with Gasteiger partial charge in [-0.1, -0.05) is 34.8 Å². The molecule has 3 rings (SSSR count). The number of carbonyl (C=O) groups is 1. The number of nitro groups is 1. The van der Waals surface area contributed by atoms with Gasteiger partial charge in [0.05, 0.1) is 15.5 Å². The van der Waals surface area contributed by atoms with Crippen LogP contribution >= 0.6 is 34.8 Å². The molecule has 0 spiro atoms. The van der Waals surface area contributed by atoms with Gasteiger partial charge < -0.3 is 10.1 Å². The Morgan fingerprint density at radius 3 is 2.31 bits per heavy atom. The molecule has 0 bridgehead atoms. The summed E-state index contributed by atoms with van der Waals surface area (Å²) in [7, 11) is 0. The van der Waals surface area contributed by atoms with Gasteiger partial charge in [0, 0.05) is 27.4 Å². The lowest BCUT2D eigenvalue weighted by Crippen LogP contribution is -2.13. The Balaban J connectivity index is 2.04. The van der Waals surface area contributed by atoms with Crippen LogP contribution in [-0.2, 0) is 11.0 Å². The zero-order valence-corrected chi connectivity index (χ0v) is 19.8. The van der Waals surface area contributed by atoms with Crippen LogP contribution in [0.5, 0.6) is 11.5 Å². The fraction of sp³-hybridized carbons (Fsp3) is 0.0435. The van der Waals surface area contributed by atoms with Crippen molar-refractivity contribution in [3.05, 3.63) is 96.5 Å². The molecule has 0 aliphatic rings. The minimum atomic E-state index is -4.83. The van der Waals surface area contributed by atoms with Crippen LogP contribution in [0.15, 0.2) is 60.2 Å². The van der Waals surface area contributed by atoms with Gasteiger partial charge in [0.2, 0.25) is 5.75 Å². The van der Waals surface area contributed by atoms with Crippen molar-refractivity contribution in [1.29, 1.82) is 5.26 Å². The van der Waals surface area contributed by atoms with E-state index in [1.165, 1.54) is 36.4 Å². The van der Waals surface area contributed by atoms with E-state index < -0.39 is 39.6 Å². The lowest BCUT2D eigenvalue weighted by Gasteiger charge is -2.13. The van der Waals surface area contributed by atoms with E-state index in [9.17, 15) is 33.3 Å². The van der Waals surface area contributed by atoms with Crippen LogP contribution in [-0.4, -0.2) is 10.8 Å². The van der Waals surface area contributed by atoms with Gasteiger partial charge in [0.1, 0.15) is 11.6 Å². The predicted molar refractivity (Wildman–Crippen MR) is 128 cm³/mol. The van der Waals surface area contributed by atoms with Crippen molar-refractivity contribution >= 4 is 58.2 Å². The minimum absolute atomic E-state index is 0.0375. The Labute approximate surface area is 216 Å². The molecule has 0 aliphatic heterocycles. The molecule has 0 saturated carbocycles. The molecule has 1 amide bonds. The van der Waals surface area contributed by atoms with Crippen molar-refractivity contribution < 1.29 is 27.6 Å². The van der Waals surface area contributed by atoms with Crippen molar-refractivity contribution in [2.75, 3.05) is 5.32 Å². The van der Waals surface area contributed by atoms with Crippen LogP contribution in [0.1, 0.15) is 11.1 Å². The number of hydrogen-bond acceptors (Lipinski definition) is 5. The number of ether oxygens (including phenoxy) is 1. The van der Waals surface area contributed by atoms with Crippen molar-refractivity contribution in [2.24, 2.45) is 0 Å². The molecule has 0 fully saturated rings. The number of benzene rings is 3. The summed E-state index contributed by atoms with van der Waals surface area (Å²) in [4.78, 5) is 23.0. The lowest BCUT2D eigenvalue weighted by molar-refractivity contribution is -0.385. The van der Waals surface area contributed by atoms with Crippen LogP contribution in [0, 0.1) is 21.4 Å². The standard InChI is InChI=1S/C23H11Cl3F3N3O4/c24-15-2-4-17(5-3-15)31-22(33)13(11-30)7-12-8-16(25)10-18(26)21(12)36-20-6-1-14(23(27,28)29)9-19(20)32(34)35/h1-10H,(H,31,33)/b13-7+. The van der Waals surface area contributed by atoms with E-state index >= 15 is 0 Å². The van der Waals surface area contributed by atoms with Crippen molar-refractivity contribution in [1.82, 2.24) is 0 Å². The first kappa shape index (κ1) is 26.8. The summed E-state index contributed by atoms with van der Waals surface area (Å²) in [5.74, 6) is -1.66. The van der Waals surface area contributed by atoms with E-state index in [0.717, 1.165) is 12.1 Å². The van der Waals surface area contributed by atoms with Gasteiger partial charge in [-0.15, -0.1) is 0 Å². The van der Waals surface area contributed by atoms with Crippen LogP contribution in [0.2, 0.25) is 15.1 Å². The van der Waals surface area contributed by atoms with Crippen LogP contribution in [0.25, 0.3) is 6.08 Å². The van der Waals surface area contributed by atoms with Gasteiger partial charge >= 0.3 is 11.9 Å². The number of anilines is 1. The summed E-state index contributed by atoms with van der Waals surface area (Å²) in [5.41, 5.74) is -2.35. The predicted octanol–water partition coefficient (Wildman–Crippen LogP) is 7.91. The SMILES string of the molecule is N#C/C(=C\c1cc(Cl)cc(Cl)c1Oc1ccc(C(F)(F)F)cc1[N+](=O)[O-])C(=O)Nc1ccc(Cl)cc1. The van der Waals surface area contributed by atoms with Gasteiger partial charge in [0.25, 0.3) is 5.91 Å². The summed E-state index contributed by atoms with van der Waals surface area (Å²) >= 11 is 18.0. The quantitative estimate of drug-likeness (QED) is 0.144. The van der Waals surface area contributed by atoms with Crippen molar-refractivity contribution in [3.63, 3.8) is 0 Å². The molecule has 0 radical (unpaired) electrons. The summed E-state index contributed by atoms with van der Waals surface area (Å²) in [6.45, 7) is 0. The van der Waals surface area contributed by atoms with Crippen LogP contribution in [0.4, 0.5) is 24.5 Å². The van der Waals surface area contributed by atoms with E-state index in [1.54, 1.807) is 6.07 Å². The number of nitriles is 1. The van der Waals surface area contributed by atoms with E-state index in [-0.39, 0.29) is 21.4 Å². The summed E-state index contributed by atoms with van der Waals surface area (Å²) in [6, 6.07) is 11.9. The van der Waals surface area contributed by atoms with Crippen LogP contribution < -0.4 is 10.1 Å². The summed E-state index contributed by atoms with van der Waals surface area (Å²) < 4.78 is 44.6. The molecule has 0 unspecified atom stereocenters. The Hall–Kier alpha value is -3.78. The van der Waals surface area contributed by atoms with Crippen molar-refractivity contribution in [3.8, 4) is 17.6 Å². The van der Waals surface area contributed by atoms with Crippen LogP contribution in [0.3, 0.4) is 0 Å². The van der Waals surface area contributed by atoms with Gasteiger partial charge in [0.15, 0.2) is 5.75 Å². The topological polar surface area (TPSA) is 105 Å². The fourth-order valence-electron chi connectivity index (χ4n) is 2.86. The van der Waals surface area contributed by atoms with Crippen molar-refractivity contribution in [2.45, 2.75) is 6.18 Å². The number of nitrogens with one attached hydrogen (secondary N) is 1. The van der Waals surface area contributed by atoms with E-state index in [0.29, 0.717) is 22.8 Å².